The van der Waals surface area contributed by atoms with Crippen molar-refractivity contribution in [1.82, 2.24) is 0 Å². The maximum absolute atomic E-state index is 4.83. The zero-order chi connectivity index (χ0) is 4.41. The zero-order valence-electron chi connectivity index (χ0n) is 4.81. The third-order valence-corrected chi connectivity index (χ3v) is 1.93. The summed E-state index contributed by atoms with van der Waals surface area (Å²) < 4.78 is 0. The van der Waals surface area contributed by atoms with Gasteiger partial charge in [-0.15, -0.1) is 0 Å². The second kappa shape index (κ2) is 4.25. The summed E-state index contributed by atoms with van der Waals surface area (Å²) in [6.07, 6.45) is 4.24. The molecule has 0 bridgehead atoms. The Morgan fingerprint density at radius 1 is 1.43 bits per heavy atom. The molecule has 1 rings (SSSR count). The number of hydrogen-bond donors (Lipinski definition) is 0. The second-order valence-electron chi connectivity index (χ2n) is 1.96. The normalized spacial score (nSPS) is 20.1. The Balaban J connectivity index is 0.000000360. The van der Waals surface area contributed by atoms with E-state index >= 15 is 0 Å². The fourth-order valence-corrected chi connectivity index (χ4v) is 0.993. The smallest absolute Gasteiger partial charge is 0.792 e. The van der Waals surface area contributed by atoms with Crippen molar-refractivity contribution in [1.29, 1.82) is 0 Å². The van der Waals surface area contributed by atoms with Crippen molar-refractivity contribution in [2.45, 2.75) is 19.3 Å². The molecule has 0 nitrogen and oxygen atoms in total. The first-order valence-electron chi connectivity index (χ1n) is 2.51. The van der Waals surface area contributed by atoms with Gasteiger partial charge >= 0.3 is 29.6 Å². The molecule has 1 aliphatic rings. The van der Waals surface area contributed by atoms with Gasteiger partial charge in [0.25, 0.3) is 0 Å². The van der Waals surface area contributed by atoms with Crippen LogP contribution in [0.2, 0.25) is 0 Å². The van der Waals surface area contributed by atoms with E-state index in [1.807, 2.05) is 0 Å². The predicted octanol–water partition coefficient (Wildman–Crippen LogP) is -1.66. The van der Waals surface area contributed by atoms with Gasteiger partial charge in [-0.05, 0) is 0 Å². The van der Waals surface area contributed by atoms with E-state index in [0.717, 1.165) is 11.7 Å². The van der Waals surface area contributed by atoms with Gasteiger partial charge in [0.1, 0.15) is 0 Å². The first-order valence-corrected chi connectivity index (χ1v) is 3.09. The van der Waals surface area contributed by atoms with Crippen LogP contribution in [0.25, 0.3) is 0 Å². The van der Waals surface area contributed by atoms with E-state index in [4.69, 9.17) is 12.6 Å². The third-order valence-electron chi connectivity index (χ3n) is 1.46. The average molecular weight is 124 g/mol. The summed E-state index contributed by atoms with van der Waals surface area (Å²) in [6, 6.07) is 0. The minimum atomic E-state index is 0. The van der Waals surface area contributed by atoms with Crippen molar-refractivity contribution in [3.05, 3.63) is 0 Å². The van der Waals surface area contributed by atoms with E-state index in [9.17, 15) is 0 Å². The van der Waals surface area contributed by atoms with Gasteiger partial charge in [0, 0.05) is 0 Å². The molecule has 7 heavy (non-hydrogen) atoms. The van der Waals surface area contributed by atoms with Crippen molar-refractivity contribution in [2.24, 2.45) is 5.92 Å². The Hall–Kier alpha value is 1.35. The monoisotopic (exact) mass is 124 g/mol. The van der Waals surface area contributed by atoms with Gasteiger partial charge in [0.05, 0.1) is 0 Å². The van der Waals surface area contributed by atoms with Gasteiger partial charge in [-0.3, -0.25) is 0 Å². The Morgan fingerprint density at radius 2 is 2.00 bits per heavy atom. The fraction of sp³-hybridized carbons (Fsp3) is 1.00. The molecule has 0 N–H and O–H groups in total. The predicted molar refractivity (Wildman–Crippen MR) is 29.6 cm³/mol. The SMILES string of the molecule is [Na+].[S-]CC1CCC1. The van der Waals surface area contributed by atoms with Gasteiger partial charge in [-0.25, -0.2) is 0 Å². The van der Waals surface area contributed by atoms with Gasteiger partial charge in [0.15, 0.2) is 0 Å². The molecule has 0 amide bonds. The molecule has 0 radical (unpaired) electrons. The molecule has 0 heterocycles. The summed E-state index contributed by atoms with van der Waals surface area (Å²) in [7, 11) is 0. The first kappa shape index (κ1) is 8.35. The maximum atomic E-state index is 4.83. The molecular formula is C5H9NaS. The van der Waals surface area contributed by atoms with Gasteiger partial charge in [-0.2, -0.15) is 5.75 Å². The van der Waals surface area contributed by atoms with Crippen LogP contribution in [0.5, 0.6) is 0 Å². The number of rotatable bonds is 1. The standard InChI is InChI=1S/C5H10S.Na/c6-4-5-2-1-3-5;/h5-6H,1-4H2;/q;+1/p-1. The van der Waals surface area contributed by atoms with Crippen LogP contribution in [0.4, 0.5) is 0 Å². The zero-order valence-corrected chi connectivity index (χ0v) is 7.63. The van der Waals surface area contributed by atoms with E-state index in [0.29, 0.717) is 0 Å². The molecule has 0 unspecified atom stereocenters. The summed E-state index contributed by atoms with van der Waals surface area (Å²) in [5.41, 5.74) is 0. The Kier molecular flexibility index (Phi) is 5.07. The van der Waals surface area contributed by atoms with Gasteiger partial charge in [0.2, 0.25) is 0 Å². The third kappa shape index (κ3) is 2.41. The molecule has 0 spiro atoms. The van der Waals surface area contributed by atoms with E-state index in [1.165, 1.54) is 19.3 Å². The van der Waals surface area contributed by atoms with Crippen LogP contribution in [-0.4, -0.2) is 5.75 Å². The summed E-state index contributed by atoms with van der Waals surface area (Å²) in [5, 5.41) is 0. The average Bonchev–Trinajstić information content (AvgIpc) is 1.31. The molecule has 1 saturated carbocycles. The van der Waals surface area contributed by atoms with E-state index < -0.39 is 0 Å². The molecule has 0 atom stereocenters. The largest absolute Gasteiger partial charge is 1.00 e. The molecule has 1 aliphatic carbocycles. The quantitative estimate of drug-likeness (QED) is 0.298. The Labute approximate surface area is 72.8 Å². The molecule has 0 aromatic carbocycles. The van der Waals surface area contributed by atoms with Crippen LogP contribution in [0.3, 0.4) is 0 Å². The molecule has 0 saturated heterocycles. The summed E-state index contributed by atoms with van der Waals surface area (Å²) >= 11 is 4.83. The van der Waals surface area contributed by atoms with Gasteiger partial charge < -0.3 is 12.6 Å². The van der Waals surface area contributed by atoms with Crippen LogP contribution in [-0.2, 0) is 12.6 Å². The van der Waals surface area contributed by atoms with Crippen molar-refractivity contribution < 1.29 is 29.6 Å². The summed E-state index contributed by atoms with van der Waals surface area (Å²) in [4.78, 5) is 0. The minimum Gasteiger partial charge on any atom is -0.792 e. The van der Waals surface area contributed by atoms with Crippen LogP contribution >= 0.6 is 0 Å². The first-order chi connectivity index (χ1) is 2.93. The minimum absolute atomic E-state index is 0. The summed E-state index contributed by atoms with van der Waals surface area (Å²) in [6.45, 7) is 0. The van der Waals surface area contributed by atoms with Crippen LogP contribution in [0, 0.1) is 5.92 Å². The van der Waals surface area contributed by atoms with Crippen molar-refractivity contribution in [2.75, 3.05) is 5.75 Å². The van der Waals surface area contributed by atoms with Crippen molar-refractivity contribution >= 4 is 12.6 Å². The molecule has 0 aliphatic heterocycles. The fourth-order valence-electron chi connectivity index (χ4n) is 0.659. The molecule has 36 valence electrons. The van der Waals surface area contributed by atoms with Crippen molar-refractivity contribution in [3.63, 3.8) is 0 Å². The maximum Gasteiger partial charge on any atom is 1.00 e. The van der Waals surface area contributed by atoms with Crippen LogP contribution < -0.4 is 29.6 Å². The molecule has 0 aromatic heterocycles. The Bertz CT molecular complexity index is 40.6. The molecule has 1 fully saturated rings. The van der Waals surface area contributed by atoms with Crippen LogP contribution in [0.15, 0.2) is 0 Å². The van der Waals surface area contributed by atoms with E-state index in [-0.39, 0.29) is 29.6 Å². The Morgan fingerprint density at radius 3 is 2.00 bits per heavy atom. The topological polar surface area (TPSA) is 0 Å². The van der Waals surface area contributed by atoms with E-state index in [2.05, 4.69) is 0 Å². The second-order valence-corrected chi connectivity index (χ2v) is 2.30. The molecular weight excluding hydrogens is 115 g/mol. The van der Waals surface area contributed by atoms with Crippen molar-refractivity contribution in [3.8, 4) is 0 Å². The molecule has 2 heteroatoms. The number of hydrogen-bond acceptors (Lipinski definition) is 1. The summed E-state index contributed by atoms with van der Waals surface area (Å²) in [5.74, 6) is 1.93. The molecule has 0 aromatic rings. The van der Waals surface area contributed by atoms with Gasteiger partial charge in [-0.1, -0.05) is 25.2 Å². The van der Waals surface area contributed by atoms with E-state index in [1.54, 1.807) is 0 Å². The van der Waals surface area contributed by atoms with Crippen LogP contribution in [0.1, 0.15) is 19.3 Å².